The van der Waals surface area contributed by atoms with Gasteiger partial charge in [-0.3, -0.25) is 0 Å². The normalized spacial score (nSPS) is 10.4. The largest absolute Gasteiger partial charge is 0.478 e. The Hall–Kier alpha value is -1.53. The van der Waals surface area contributed by atoms with Gasteiger partial charge in [-0.15, -0.1) is 12.4 Å². The number of carbonyl (C=O) groups is 1. The van der Waals surface area contributed by atoms with Crippen molar-refractivity contribution in [1.29, 1.82) is 0 Å². The summed E-state index contributed by atoms with van der Waals surface area (Å²) in [6.07, 6.45) is 0.938. The van der Waals surface area contributed by atoms with Crippen LogP contribution < -0.4 is 5.32 Å². The molecule has 0 radical (unpaired) electrons. The van der Waals surface area contributed by atoms with Gasteiger partial charge < -0.3 is 19.6 Å². The van der Waals surface area contributed by atoms with Crippen LogP contribution in [0.15, 0.2) is 34.7 Å². The van der Waals surface area contributed by atoms with Gasteiger partial charge in [-0.25, -0.2) is 4.79 Å². The lowest BCUT2D eigenvalue weighted by atomic mass is 10.1. The molecule has 0 amide bonds. The summed E-state index contributed by atoms with van der Waals surface area (Å²) in [5.41, 5.74) is 0.755. The first-order valence-electron chi connectivity index (χ1n) is 7.52. The molecule has 0 unspecified atom stereocenters. The highest BCUT2D eigenvalue weighted by molar-refractivity contribution is 6.33. The van der Waals surface area contributed by atoms with E-state index in [1.54, 1.807) is 12.1 Å². The summed E-state index contributed by atoms with van der Waals surface area (Å²) in [4.78, 5) is 11.1. The van der Waals surface area contributed by atoms with Crippen LogP contribution in [-0.2, 0) is 11.3 Å². The summed E-state index contributed by atoms with van der Waals surface area (Å²) in [5.74, 6) is 0.336. The molecule has 1 heterocycles. The van der Waals surface area contributed by atoms with Crippen molar-refractivity contribution in [1.82, 2.24) is 5.32 Å². The van der Waals surface area contributed by atoms with E-state index in [4.69, 9.17) is 25.9 Å². The molecule has 5 nitrogen and oxygen atoms in total. The van der Waals surface area contributed by atoms with Crippen molar-refractivity contribution in [2.24, 2.45) is 0 Å². The molecule has 1 aromatic carbocycles. The zero-order valence-corrected chi connectivity index (χ0v) is 15.0. The summed E-state index contributed by atoms with van der Waals surface area (Å²) >= 11 is 6.14. The molecule has 0 bridgehead atoms. The van der Waals surface area contributed by atoms with Crippen LogP contribution in [0.3, 0.4) is 0 Å². The lowest BCUT2D eigenvalue weighted by Crippen LogP contribution is -2.15. The number of aromatic carboxylic acids is 1. The quantitative estimate of drug-likeness (QED) is 0.643. The van der Waals surface area contributed by atoms with E-state index in [9.17, 15) is 4.79 Å². The van der Waals surface area contributed by atoms with E-state index in [1.165, 1.54) is 12.1 Å². The van der Waals surface area contributed by atoms with Crippen molar-refractivity contribution in [2.45, 2.75) is 19.9 Å². The Bertz CT molecular complexity index is 658. The van der Waals surface area contributed by atoms with Gasteiger partial charge in [-0.2, -0.15) is 0 Å². The highest BCUT2D eigenvalue weighted by Crippen LogP contribution is 2.30. The van der Waals surface area contributed by atoms with Gasteiger partial charge in [0.15, 0.2) is 0 Å². The number of furan rings is 1. The van der Waals surface area contributed by atoms with Gasteiger partial charge >= 0.3 is 5.97 Å². The number of ether oxygens (including phenoxy) is 1. The van der Waals surface area contributed by atoms with Crippen LogP contribution in [0.25, 0.3) is 11.3 Å². The van der Waals surface area contributed by atoms with Gasteiger partial charge in [0.25, 0.3) is 0 Å². The van der Waals surface area contributed by atoms with Gasteiger partial charge in [-0.05, 0) is 50.2 Å². The molecule has 0 spiro atoms. The van der Waals surface area contributed by atoms with E-state index in [0.29, 0.717) is 22.9 Å². The second-order valence-electron chi connectivity index (χ2n) is 4.99. The third kappa shape index (κ3) is 5.83. The summed E-state index contributed by atoms with van der Waals surface area (Å²) < 4.78 is 11.0. The van der Waals surface area contributed by atoms with Crippen molar-refractivity contribution in [3.05, 3.63) is 46.7 Å². The Morgan fingerprint density at radius 3 is 2.83 bits per heavy atom. The molecule has 1 aromatic heterocycles. The highest BCUT2D eigenvalue weighted by Gasteiger charge is 2.12. The SMILES string of the molecule is CCOCCCNCc1ccc(-c2cc(C(=O)O)ccc2Cl)o1.Cl. The maximum absolute atomic E-state index is 11.1. The molecule has 0 aliphatic rings. The zero-order valence-electron chi connectivity index (χ0n) is 13.4. The number of hydrogen-bond acceptors (Lipinski definition) is 4. The minimum absolute atomic E-state index is 0. The Morgan fingerprint density at radius 1 is 1.33 bits per heavy atom. The van der Waals surface area contributed by atoms with Gasteiger partial charge in [-0.1, -0.05) is 11.6 Å². The second-order valence-corrected chi connectivity index (χ2v) is 5.40. The monoisotopic (exact) mass is 373 g/mol. The summed E-state index contributed by atoms with van der Waals surface area (Å²) in [7, 11) is 0. The van der Waals surface area contributed by atoms with E-state index in [2.05, 4.69) is 5.32 Å². The van der Waals surface area contributed by atoms with E-state index >= 15 is 0 Å². The third-order valence-electron chi connectivity index (χ3n) is 3.29. The predicted octanol–water partition coefficient (Wildman–Crippen LogP) is 4.24. The molecule has 0 aliphatic heterocycles. The Kier molecular flexibility index (Phi) is 8.85. The average molecular weight is 374 g/mol. The highest BCUT2D eigenvalue weighted by atomic mass is 35.5. The minimum atomic E-state index is -0.995. The van der Waals surface area contributed by atoms with Crippen LogP contribution in [0.5, 0.6) is 0 Å². The van der Waals surface area contributed by atoms with Crippen molar-refractivity contribution in [3.8, 4) is 11.3 Å². The molecule has 7 heteroatoms. The molecule has 2 rings (SSSR count). The topological polar surface area (TPSA) is 71.7 Å². The smallest absolute Gasteiger partial charge is 0.335 e. The zero-order chi connectivity index (χ0) is 16.7. The molecule has 0 aliphatic carbocycles. The summed E-state index contributed by atoms with van der Waals surface area (Å²) in [6.45, 7) is 4.89. The average Bonchev–Trinajstić information content (AvgIpc) is 2.99. The molecule has 0 atom stereocenters. The number of nitrogens with one attached hydrogen (secondary N) is 1. The van der Waals surface area contributed by atoms with E-state index < -0.39 is 5.97 Å². The predicted molar refractivity (Wildman–Crippen MR) is 96.2 cm³/mol. The molecule has 2 N–H and O–H groups in total. The molecule has 0 saturated heterocycles. The maximum Gasteiger partial charge on any atom is 0.335 e. The second kappa shape index (κ2) is 10.4. The lowest BCUT2D eigenvalue weighted by Gasteiger charge is -2.04. The molecular formula is C17H21Cl2NO4. The van der Waals surface area contributed by atoms with Crippen molar-refractivity contribution < 1.29 is 19.1 Å². The van der Waals surface area contributed by atoms with Gasteiger partial charge in [0.1, 0.15) is 11.5 Å². The third-order valence-corrected chi connectivity index (χ3v) is 3.62. The number of carboxylic acids is 1. The number of carboxylic acid groups (broad SMARTS) is 1. The fourth-order valence-electron chi connectivity index (χ4n) is 2.12. The summed E-state index contributed by atoms with van der Waals surface area (Å²) in [6, 6.07) is 8.20. The first-order valence-corrected chi connectivity index (χ1v) is 7.90. The van der Waals surface area contributed by atoms with E-state index in [-0.39, 0.29) is 18.0 Å². The van der Waals surface area contributed by atoms with Gasteiger partial charge in [0, 0.05) is 18.8 Å². The molecule has 132 valence electrons. The van der Waals surface area contributed by atoms with E-state index in [1.807, 2.05) is 13.0 Å². The number of rotatable bonds is 9. The standard InChI is InChI=1S/C17H20ClNO4.ClH/c1-2-22-9-3-8-19-11-13-5-7-16(23-13)14-10-12(17(20)21)4-6-15(14)18;/h4-7,10,19H,2-3,8-9,11H2,1H3,(H,20,21);1H. The van der Waals surface area contributed by atoms with E-state index in [0.717, 1.165) is 31.9 Å². The minimum Gasteiger partial charge on any atom is -0.478 e. The van der Waals surface area contributed by atoms with Crippen molar-refractivity contribution >= 4 is 30.0 Å². The Labute approximate surface area is 152 Å². The fourth-order valence-corrected chi connectivity index (χ4v) is 2.33. The summed E-state index contributed by atoms with van der Waals surface area (Å²) in [5, 5.41) is 12.8. The molecule has 0 saturated carbocycles. The molecule has 2 aromatic rings. The van der Waals surface area contributed by atoms with Crippen LogP contribution >= 0.6 is 24.0 Å². The van der Waals surface area contributed by atoms with Crippen LogP contribution in [-0.4, -0.2) is 30.8 Å². The lowest BCUT2D eigenvalue weighted by molar-refractivity contribution is 0.0697. The van der Waals surface area contributed by atoms with Crippen molar-refractivity contribution in [3.63, 3.8) is 0 Å². The number of benzene rings is 1. The first kappa shape index (κ1) is 20.5. The van der Waals surface area contributed by atoms with Crippen molar-refractivity contribution in [2.75, 3.05) is 19.8 Å². The fraction of sp³-hybridized carbons (Fsp3) is 0.353. The Morgan fingerprint density at radius 2 is 2.12 bits per heavy atom. The first-order chi connectivity index (χ1) is 11.1. The van der Waals surface area contributed by atoms with Gasteiger partial charge in [0.2, 0.25) is 0 Å². The molecular weight excluding hydrogens is 353 g/mol. The maximum atomic E-state index is 11.1. The van der Waals surface area contributed by atoms with Crippen LogP contribution in [0.1, 0.15) is 29.5 Å². The van der Waals surface area contributed by atoms with Gasteiger partial charge in [0.05, 0.1) is 17.1 Å². The molecule has 0 fully saturated rings. The molecule has 24 heavy (non-hydrogen) atoms. The Balaban J connectivity index is 0.00000288. The number of halogens is 2. The van der Waals surface area contributed by atoms with Crippen LogP contribution in [0.4, 0.5) is 0 Å². The number of hydrogen-bond donors (Lipinski definition) is 2. The van der Waals surface area contributed by atoms with Crippen LogP contribution in [0, 0.1) is 0 Å². The van der Waals surface area contributed by atoms with Crippen LogP contribution in [0.2, 0.25) is 5.02 Å².